The van der Waals surface area contributed by atoms with E-state index in [4.69, 9.17) is 23.3 Å². The highest BCUT2D eigenvalue weighted by Gasteiger charge is 2.55. The number of aromatic amines is 1. The van der Waals surface area contributed by atoms with Gasteiger partial charge in [-0.1, -0.05) is 18.2 Å². The van der Waals surface area contributed by atoms with Crippen molar-refractivity contribution >= 4 is 13.6 Å². The molecule has 0 aliphatic carbocycles. The third kappa shape index (κ3) is 6.54. The van der Waals surface area contributed by atoms with Crippen LogP contribution in [0.2, 0.25) is 0 Å². The van der Waals surface area contributed by atoms with Crippen LogP contribution in [0.4, 0.5) is 0 Å². The maximum absolute atomic E-state index is 13.2. The molecule has 35 heavy (non-hydrogen) atoms. The summed E-state index contributed by atoms with van der Waals surface area (Å²) < 4.78 is 41.5. The van der Waals surface area contributed by atoms with E-state index < -0.39 is 61.5 Å². The van der Waals surface area contributed by atoms with Gasteiger partial charge in [0.25, 0.3) is 11.5 Å². The minimum atomic E-state index is -3.75. The molecule has 2 aromatic rings. The number of carbonyl (C=O) groups is 1. The van der Waals surface area contributed by atoms with E-state index in [1.165, 1.54) is 12.1 Å². The molecule has 2 N–H and O–H groups in total. The molecule has 3 atom stereocenters. The van der Waals surface area contributed by atoms with Gasteiger partial charge >= 0.3 is 19.3 Å². The summed E-state index contributed by atoms with van der Waals surface area (Å²) in [5.74, 6) is -3.36. The summed E-state index contributed by atoms with van der Waals surface area (Å²) >= 11 is 0. The summed E-state index contributed by atoms with van der Waals surface area (Å²) in [4.78, 5) is 38.7. The lowest BCUT2D eigenvalue weighted by molar-refractivity contribution is -0.278. The molecule has 0 spiro atoms. The number of benzene rings is 1. The largest absolute Gasteiger partial charge is 0.448 e. The van der Waals surface area contributed by atoms with Crippen LogP contribution in [0.5, 0.6) is 0 Å². The Morgan fingerprint density at radius 1 is 1.17 bits per heavy atom. The number of ether oxygens (including phenoxy) is 3. The van der Waals surface area contributed by atoms with Crippen LogP contribution in [0, 0.1) is 0 Å². The summed E-state index contributed by atoms with van der Waals surface area (Å²) in [6.45, 7) is 6.38. The van der Waals surface area contributed by atoms with Gasteiger partial charge in [-0.15, -0.1) is 0 Å². The predicted molar refractivity (Wildman–Crippen MR) is 123 cm³/mol. The second-order valence-electron chi connectivity index (χ2n) is 8.40. The minimum Gasteiger partial charge on any atom is -0.448 e. The average Bonchev–Trinajstić information content (AvgIpc) is 3.08. The quantitative estimate of drug-likeness (QED) is 0.355. The van der Waals surface area contributed by atoms with E-state index in [0.29, 0.717) is 4.57 Å². The zero-order valence-electron chi connectivity index (χ0n) is 19.8. The molecule has 2 heterocycles. The fourth-order valence-corrected chi connectivity index (χ4v) is 5.28. The number of aromatic nitrogens is 2. The fraction of sp³-hybridized carbons (Fsp3) is 0.500. The summed E-state index contributed by atoms with van der Waals surface area (Å²) in [6, 6.07) is 8.95. The first-order valence-electron chi connectivity index (χ1n) is 11.0. The van der Waals surface area contributed by atoms with E-state index in [1.807, 2.05) is 4.98 Å². The molecule has 12 nitrogen and oxygen atoms in total. The monoisotopic (exact) mass is 512 g/mol. The maximum atomic E-state index is 13.2. The molecular weight excluding hydrogens is 483 g/mol. The average molecular weight is 512 g/mol. The molecule has 0 bridgehead atoms. The lowest BCUT2D eigenvalue weighted by Crippen LogP contribution is -2.53. The number of hydrogen-bond donors (Lipinski definition) is 2. The topological polar surface area (TPSA) is 155 Å². The molecule has 192 valence electrons. The van der Waals surface area contributed by atoms with Crippen molar-refractivity contribution < 1.29 is 37.7 Å². The van der Waals surface area contributed by atoms with Gasteiger partial charge < -0.3 is 28.4 Å². The number of aliphatic hydroxyl groups is 1. The van der Waals surface area contributed by atoms with Crippen LogP contribution in [0.25, 0.3) is 0 Å². The van der Waals surface area contributed by atoms with Gasteiger partial charge in [0.05, 0.1) is 24.4 Å². The van der Waals surface area contributed by atoms with Crippen LogP contribution in [-0.4, -0.2) is 58.0 Å². The minimum absolute atomic E-state index is 0.172. The predicted octanol–water partition coefficient (Wildman–Crippen LogP) is 1.78. The second-order valence-corrected chi connectivity index (χ2v) is 10.3. The lowest BCUT2D eigenvalue weighted by Gasteiger charge is -2.31. The van der Waals surface area contributed by atoms with Gasteiger partial charge in [-0.2, -0.15) is 0 Å². The molecule has 0 unspecified atom stereocenters. The third-order valence-electron chi connectivity index (χ3n) is 4.77. The van der Waals surface area contributed by atoms with E-state index in [1.54, 1.807) is 45.9 Å². The Morgan fingerprint density at radius 3 is 2.37 bits per heavy atom. The zero-order valence-corrected chi connectivity index (χ0v) is 20.7. The van der Waals surface area contributed by atoms with Crippen molar-refractivity contribution in [2.24, 2.45) is 0 Å². The fourth-order valence-electron chi connectivity index (χ4n) is 3.45. The molecule has 0 amide bonds. The molecule has 1 aliphatic heterocycles. The van der Waals surface area contributed by atoms with Crippen LogP contribution in [0.3, 0.4) is 0 Å². The van der Waals surface area contributed by atoms with E-state index in [-0.39, 0.29) is 12.2 Å². The standard InChI is InChI=1S/C22H29N2O10P/c1-14(2)33-35(29,34-15(3)4)13-30-17-12-31-22(28,24-11-10-18(25)23-21(24)27)19(17)32-20(26)16-8-6-5-7-9-16/h5-11,14-15,17,19,28H,12-13H2,1-4H3,(H,23,25,27)/t17-,19+,22-/m1/s1. The van der Waals surface area contributed by atoms with Crippen LogP contribution in [-0.2, 0) is 33.7 Å². The van der Waals surface area contributed by atoms with Crippen LogP contribution >= 0.6 is 7.60 Å². The third-order valence-corrected chi connectivity index (χ3v) is 6.72. The number of rotatable bonds is 10. The smallest absolute Gasteiger partial charge is 0.356 e. The van der Waals surface area contributed by atoms with Gasteiger partial charge in [0.15, 0.2) is 0 Å². The van der Waals surface area contributed by atoms with Crippen molar-refractivity contribution in [1.29, 1.82) is 0 Å². The molecule has 1 aromatic carbocycles. The summed E-state index contributed by atoms with van der Waals surface area (Å²) in [7, 11) is -3.75. The van der Waals surface area contributed by atoms with Gasteiger partial charge in [0, 0.05) is 12.3 Å². The van der Waals surface area contributed by atoms with Crippen molar-refractivity contribution in [2.45, 2.75) is 58.0 Å². The van der Waals surface area contributed by atoms with Gasteiger partial charge in [0.1, 0.15) is 12.5 Å². The number of H-pyrrole nitrogens is 1. The Labute approximate surface area is 201 Å². The molecule has 1 fully saturated rings. The van der Waals surface area contributed by atoms with Gasteiger partial charge in [-0.25, -0.2) is 14.2 Å². The van der Waals surface area contributed by atoms with Crippen molar-refractivity contribution in [2.75, 3.05) is 13.0 Å². The van der Waals surface area contributed by atoms with Crippen LogP contribution < -0.4 is 11.2 Å². The van der Waals surface area contributed by atoms with E-state index >= 15 is 0 Å². The first-order valence-corrected chi connectivity index (χ1v) is 12.7. The highest BCUT2D eigenvalue weighted by Crippen LogP contribution is 2.51. The zero-order chi connectivity index (χ0) is 25.8. The van der Waals surface area contributed by atoms with Crippen molar-refractivity contribution in [3.63, 3.8) is 0 Å². The van der Waals surface area contributed by atoms with Crippen LogP contribution in [0.1, 0.15) is 38.1 Å². The Bertz CT molecular complexity index is 1160. The normalized spacial score (nSPS) is 22.6. The molecule has 1 saturated heterocycles. The molecule has 1 aromatic heterocycles. The van der Waals surface area contributed by atoms with Crippen LogP contribution in [0.15, 0.2) is 52.2 Å². The summed E-state index contributed by atoms with van der Waals surface area (Å²) in [6.07, 6.45) is -3.18. The number of nitrogens with one attached hydrogen (secondary N) is 1. The molecule has 0 radical (unpaired) electrons. The van der Waals surface area contributed by atoms with Gasteiger partial charge in [-0.05, 0) is 39.8 Å². The van der Waals surface area contributed by atoms with E-state index in [9.17, 15) is 24.1 Å². The van der Waals surface area contributed by atoms with Crippen molar-refractivity contribution in [1.82, 2.24) is 9.55 Å². The first-order chi connectivity index (χ1) is 16.4. The van der Waals surface area contributed by atoms with E-state index in [0.717, 1.165) is 12.3 Å². The Morgan fingerprint density at radius 2 is 1.80 bits per heavy atom. The molecule has 3 rings (SSSR count). The molecule has 1 aliphatic rings. The number of nitrogens with zero attached hydrogens (tertiary/aromatic N) is 1. The highest BCUT2D eigenvalue weighted by atomic mass is 31.2. The molecule has 13 heteroatoms. The Kier molecular flexibility index (Phi) is 8.47. The highest BCUT2D eigenvalue weighted by molar-refractivity contribution is 7.53. The first kappa shape index (κ1) is 27.0. The second kappa shape index (κ2) is 11.0. The number of hydrogen-bond acceptors (Lipinski definition) is 10. The summed E-state index contributed by atoms with van der Waals surface area (Å²) in [5.41, 5.74) is -1.53. The molecular formula is C22H29N2O10P. The molecule has 0 saturated carbocycles. The van der Waals surface area contributed by atoms with E-state index in [2.05, 4.69) is 0 Å². The van der Waals surface area contributed by atoms with Crippen molar-refractivity contribution in [3.05, 3.63) is 69.0 Å². The SMILES string of the molecule is CC(C)OP(=O)(CO[C@@H]1CO[C@@](O)(n2ccc(=O)[nH]c2=O)[C@H]1OC(=O)c1ccccc1)OC(C)C. The van der Waals surface area contributed by atoms with Gasteiger partial charge in [0.2, 0.25) is 6.10 Å². The van der Waals surface area contributed by atoms with Gasteiger partial charge in [-0.3, -0.25) is 14.3 Å². The lowest BCUT2D eigenvalue weighted by atomic mass is 10.1. The summed E-state index contributed by atoms with van der Waals surface area (Å²) in [5, 5.41) is 11.3. The number of carbonyl (C=O) groups excluding carboxylic acids is 1. The Hall–Kier alpha value is -2.60. The Balaban J connectivity index is 1.92. The van der Waals surface area contributed by atoms with Crippen molar-refractivity contribution in [3.8, 4) is 0 Å². The maximum Gasteiger partial charge on any atom is 0.356 e. The number of esters is 1.